The summed E-state index contributed by atoms with van der Waals surface area (Å²) in [6.45, 7) is 1.29. The minimum Gasteiger partial charge on any atom is -0.368 e. The van der Waals surface area contributed by atoms with Crippen molar-refractivity contribution in [2.45, 2.75) is 62.4 Å². The second kappa shape index (κ2) is 10.7. The normalized spacial score (nSPS) is 18.4. The number of hydrogen-bond acceptors (Lipinski definition) is 5. The summed E-state index contributed by atoms with van der Waals surface area (Å²) in [6, 6.07) is 12.4. The number of hydrogen-bond donors (Lipinski definition) is 3. The number of fused-ring (bicyclic) bond motifs is 1. The number of rotatable bonds is 9. The number of aryl methyl sites for hydroxylation is 2. The number of primary amides is 1. The summed E-state index contributed by atoms with van der Waals surface area (Å²) in [5, 5.41) is 2.88. The molecule has 182 valence electrons. The number of carbonyl (C=O) groups excluding carboxylic acids is 2. The van der Waals surface area contributed by atoms with Crippen molar-refractivity contribution in [3.63, 3.8) is 0 Å². The Morgan fingerprint density at radius 1 is 1.03 bits per heavy atom. The fourth-order valence-corrected chi connectivity index (χ4v) is 5.89. The lowest BCUT2D eigenvalue weighted by Crippen LogP contribution is -2.39. The van der Waals surface area contributed by atoms with Gasteiger partial charge in [0.1, 0.15) is 0 Å². The molecule has 4 rings (SSSR count). The molecule has 2 aromatic rings. The van der Waals surface area contributed by atoms with Crippen molar-refractivity contribution in [1.29, 1.82) is 0 Å². The molecule has 34 heavy (non-hydrogen) atoms. The van der Waals surface area contributed by atoms with E-state index in [2.05, 4.69) is 10.0 Å². The van der Waals surface area contributed by atoms with E-state index >= 15 is 0 Å². The molecule has 1 aliphatic heterocycles. The smallest absolute Gasteiger partial charge is 0.240 e. The van der Waals surface area contributed by atoms with Gasteiger partial charge in [0.25, 0.3) is 0 Å². The van der Waals surface area contributed by atoms with Gasteiger partial charge in [-0.15, -0.1) is 0 Å². The van der Waals surface area contributed by atoms with E-state index in [4.69, 9.17) is 5.73 Å². The Morgan fingerprint density at radius 2 is 1.79 bits per heavy atom. The first-order valence-corrected chi connectivity index (χ1v) is 13.3. The number of sulfonamides is 1. The standard InChI is InChI=1S/C25H32N4O4S/c26-25(31)23-10-5-15-29(23)17-20-8-3-4-9-22(20)28-24(30)13-14-27-34(32,33)21-12-11-18-6-1-2-7-19(18)16-21/h3-4,8-9,11-12,16,23,27H,1-2,5-7,10,13-15,17H2,(H2,26,31)(H,28,30). The highest BCUT2D eigenvalue weighted by atomic mass is 32.2. The number of nitrogens with one attached hydrogen (secondary N) is 2. The highest BCUT2D eigenvalue weighted by Crippen LogP contribution is 2.25. The van der Waals surface area contributed by atoms with Crippen molar-refractivity contribution in [2.75, 3.05) is 18.4 Å². The fraction of sp³-hybridized carbons (Fsp3) is 0.440. The molecule has 1 saturated heterocycles. The number of amides is 2. The molecule has 9 heteroatoms. The van der Waals surface area contributed by atoms with Crippen LogP contribution in [0, 0.1) is 0 Å². The summed E-state index contributed by atoms with van der Waals surface area (Å²) < 4.78 is 28.0. The lowest BCUT2D eigenvalue weighted by atomic mass is 9.92. The Hall–Kier alpha value is -2.75. The van der Waals surface area contributed by atoms with E-state index in [1.165, 1.54) is 5.56 Å². The predicted octanol–water partition coefficient (Wildman–Crippen LogP) is 2.32. The summed E-state index contributed by atoms with van der Waals surface area (Å²) in [5.74, 6) is -0.612. The van der Waals surface area contributed by atoms with Gasteiger partial charge in [-0.2, -0.15) is 0 Å². The summed E-state index contributed by atoms with van der Waals surface area (Å²) in [4.78, 5) is 26.5. The zero-order valence-electron chi connectivity index (χ0n) is 19.3. The predicted molar refractivity (Wildman–Crippen MR) is 131 cm³/mol. The molecule has 0 bridgehead atoms. The van der Waals surface area contributed by atoms with Crippen molar-refractivity contribution < 1.29 is 18.0 Å². The number of likely N-dealkylation sites (tertiary alicyclic amines) is 1. The molecular weight excluding hydrogens is 452 g/mol. The maximum Gasteiger partial charge on any atom is 0.240 e. The van der Waals surface area contributed by atoms with Crippen molar-refractivity contribution in [2.24, 2.45) is 5.73 Å². The van der Waals surface area contributed by atoms with Crippen LogP contribution in [-0.2, 0) is 39.0 Å². The van der Waals surface area contributed by atoms with Crippen LogP contribution < -0.4 is 15.8 Å². The molecule has 8 nitrogen and oxygen atoms in total. The van der Waals surface area contributed by atoms with Crippen LogP contribution in [-0.4, -0.2) is 44.3 Å². The van der Waals surface area contributed by atoms with Crippen molar-refractivity contribution in [3.05, 3.63) is 59.2 Å². The van der Waals surface area contributed by atoms with E-state index in [1.807, 2.05) is 29.2 Å². The Kier molecular flexibility index (Phi) is 7.65. The first kappa shape index (κ1) is 24.4. The number of nitrogens with zero attached hydrogens (tertiary/aromatic N) is 1. The van der Waals surface area contributed by atoms with Gasteiger partial charge in [-0.05, 0) is 80.0 Å². The molecular formula is C25H32N4O4S. The van der Waals surface area contributed by atoms with Gasteiger partial charge in [0.05, 0.1) is 10.9 Å². The third kappa shape index (κ3) is 5.84. The van der Waals surface area contributed by atoms with Gasteiger partial charge >= 0.3 is 0 Å². The van der Waals surface area contributed by atoms with Crippen molar-refractivity contribution in [3.8, 4) is 0 Å². The Morgan fingerprint density at radius 3 is 2.59 bits per heavy atom. The van der Waals surface area contributed by atoms with Gasteiger partial charge in [-0.25, -0.2) is 13.1 Å². The van der Waals surface area contributed by atoms with Crippen LogP contribution in [0.3, 0.4) is 0 Å². The van der Waals surface area contributed by atoms with Crippen LogP contribution in [0.25, 0.3) is 0 Å². The number of para-hydroxylation sites is 1. The second-order valence-electron chi connectivity index (χ2n) is 9.02. The summed E-state index contributed by atoms with van der Waals surface area (Å²) in [7, 11) is -3.68. The largest absolute Gasteiger partial charge is 0.368 e. The summed E-state index contributed by atoms with van der Waals surface area (Å²) in [5.41, 5.74) is 9.38. The van der Waals surface area contributed by atoms with Gasteiger partial charge in [-0.3, -0.25) is 14.5 Å². The van der Waals surface area contributed by atoms with Crippen LogP contribution in [0.1, 0.15) is 48.8 Å². The number of anilines is 1. The molecule has 1 heterocycles. The minimum atomic E-state index is -3.68. The SMILES string of the molecule is NC(=O)C1CCCN1Cc1ccccc1NC(=O)CCNS(=O)(=O)c1ccc2c(c1)CCCC2. The molecule has 0 spiro atoms. The van der Waals surface area contributed by atoms with Crippen LogP contribution in [0.2, 0.25) is 0 Å². The minimum absolute atomic E-state index is 0.00327. The molecule has 1 fully saturated rings. The van der Waals surface area contributed by atoms with Gasteiger partial charge in [0, 0.05) is 25.2 Å². The zero-order chi connectivity index (χ0) is 24.1. The molecule has 1 aliphatic carbocycles. The van der Waals surface area contributed by atoms with E-state index in [0.717, 1.165) is 56.2 Å². The van der Waals surface area contributed by atoms with Crippen LogP contribution >= 0.6 is 0 Å². The van der Waals surface area contributed by atoms with Crippen LogP contribution in [0.15, 0.2) is 47.4 Å². The summed E-state index contributed by atoms with van der Waals surface area (Å²) >= 11 is 0. The number of benzene rings is 2. The molecule has 0 radical (unpaired) electrons. The Bertz CT molecular complexity index is 1170. The molecule has 2 amide bonds. The van der Waals surface area contributed by atoms with Crippen LogP contribution in [0.4, 0.5) is 5.69 Å². The van der Waals surface area contributed by atoms with E-state index in [1.54, 1.807) is 18.2 Å². The molecule has 0 aromatic heterocycles. The lowest BCUT2D eigenvalue weighted by molar-refractivity contribution is -0.122. The molecule has 2 aromatic carbocycles. The highest BCUT2D eigenvalue weighted by Gasteiger charge is 2.29. The number of nitrogens with two attached hydrogens (primary N) is 1. The number of carbonyl (C=O) groups is 2. The maximum absolute atomic E-state index is 12.7. The lowest BCUT2D eigenvalue weighted by Gasteiger charge is -2.23. The van der Waals surface area contributed by atoms with Gasteiger partial charge < -0.3 is 11.1 Å². The van der Waals surface area contributed by atoms with Crippen molar-refractivity contribution in [1.82, 2.24) is 9.62 Å². The maximum atomic E-state index is 12.7. The van der Waals surface area contributed by atoms with E-state index in [0.29, 0.717) is 12.2 Å². The van der Waals surface area contributed by atoms with E-state index < -0.39 is 10.0 Å². The molecule has 2 aliphatic rings. The van der Waals surface area contributed by atoms with Gasteiger partial charge in [0.15, 0.2) is 0 Å². The fourth-order valence-electron chi connectivity index (χ4n) is 4.81. The molecule has 4 N–H and O–H groups in total. The monoisotopic (exact) mass is 484 g/mol. The molecule has 1 atom stereocenters. The average Bonchev–Trinajstić information content (AvgIpc) is 3.28. The summed E-state index contributed by atoms with van der Waals surface area (Å²) in [6.07, 6.45) is 5.77. The molecule has 1 unspecified atom stereocenters. The third-order valence-corrected chi connectivity index (χ3v) is 8.09. The highest BCUT2D eigenvalue weighted by molar-refractivity contribution is 7.89. The first-order valence-electron chi connectivity index (χ1n) is 11.9. The van der Waals surface area contributed by atoms with Gasteiger partial charge in [-0.1, -0.05) is 24.3 Å². The van der Waals surface area contributed by atoms with E-state index in [9.17, 15) is 18.0 Å². The Labute approximate surface area is 201 Å². The topological polar surface area (TPSA) is 122 Å². The first-order chi connectivity index (χ1) is 16.3. The average molecular weight is 485 g/mol. The molecule has 0 saturated carbocycles. The van der Waals surface area contributed by atoms with Crippen molar-refractivity contribution >= 4 is 27.5 Å². The van der Waals surface area contributed by atoms with E-state index in [-0.39, 0.29) is 35.7 Å². The Balaban J connectivity index is 1.33. The van der Waals surface area contributed by atoms with Gasteiger partial charge in [0.2, 0.25) is 21.8 Å². The third-order valence-electron chi connectivity index (χ3n) is 6.63. The quantitative estimate of drug-likeness (QED) is 0.504. The van der Waals surface area contributed by atoms with Crippen LogP contribution in [0.5, 0.6) is 0 Å². The second-order valence-corrected chi connectivity index (χ2v) is 10.8. The zero-order valence-corrected chi connectivity index (χ0v) is 20.1.